The molecule has 5 nitrogen and oxygen atoms in total. The Balaban J connectivity index is 1.83. The van der Waals surface area contributed by atoms with E-state index in [0.717, 1.165) is 29.0 Å². The van der Waals surface area contributed by atoms with Crippen LogP contribution in [-0.2, 0) is 9.59 Å². The number of hydrogen-bond donors (Lipinski definition) is 2. The first-order valence-corrected chi connectivity index (χ1v) is 10.4. The van der Waals surface area contributed by atoms with Crippen LogP contribution in [-0.4, -0.2) is 29.9 Å². The maximum atomic E-state index is 12.5. The standard InChI is InChI=1S/C22H28N2O3S/c1-5-20(17-8-12-19(27-4)13-9-17)24-22(26)16(3)28-14-21(25)23-18-10-6-15(2)7-11-18/h6-13,16,20H,5,14H2,1-4H3,(H,23,25)(H,24,26). The number of ether oxygens (including phenoxy) is 1. The molecule has 0 aliphatic carbocycles. The molecule has 0 saturated heterocycles. The molecule has 0 heterocycles. The second-order valence-electron chi connectivity index (χ2n) is 6.61. The molecule has 0 aromatic heterocycles. The fourth-order valence-corrected chi connectivity index (χ4v) is 3.35. The summed E-state index contributed by atoms with van der Waals surface area (Å²) in [6, 6.07) is 15.3. The van der Waals surface area contributed by atoms with E-state index in [1.807, 2.05) is 69.3 Å². The van der Waals surface area contributed by atoms with Crippen molar-refractivity contribution < 1.29 is 14.3 Å². The Morgan fingerprint density at radius 2 is 1.71 bits per heavy atom. The fourth-order valence-electron chi connectivity index (χ4n) is 2.66. The van der Waals surface area contributed by atoms with Crippen LogP contribution >= 0.6 is 11.8 Å². The Hall–Kier alpha value is -2.47. The average Bonchev–Trinajstić information content (AvgIpc) is 2.71. The van der Waals surface area contributed by atoms with E-state index in [4.69, 9.17) is 4.74 Å². The number of carbonyl (C=O) groups is 2. The predicted molar refractivity (Wildman–Crippen MR) is 116 cm³/mol. The molecule has 0 aliphatic heterocycles. The number of methoxy groups -OCH3 is 1. The summed E-state index contributed by atoms with van der Waals surface area (Å²) in [5, 5.41) is 5.59. The zero-order valence-corrected chi connectivity index (χ0v) is 17.6. The van der Waals surface area contributed by atoms with Crippen molar-refractivity contribution in [3.63, 3.8) is 0 Å². The molecule has 2 atom stereocenters. The lowest BCUT2D eigenvalue weighted by atomic mass is 10.0. The van der Waals surface area contributed by atoms with Gasteiger partial charge in [0.25, 0.3) is 0 Å². The molecule has 2 aromatic rings. The molecule has 2 unspecified atom stereocenters. The highest BCUT2D eigenvalue weighted by Crippen LogP contribution is 2.21. The number of hydrogen-bond acceptors (Lipinski definition) is 4. The average molecular weight is 401 g/mol. The topological polar surface area (TPSA) is 67.4 Å². The summed E-state index contributed by atoms with van der Waals surface area (Å²) in [6.45, 7) is 5.85. The van der Waals surface area contributed by atoms with Gasteiger partial charge in [0.15, 0.2) is 0 Å². The molecular formula is C22H28N2O3S. The van der Waals surface area contributed by atoms with Crippen molar-refractivity contribution in [1.29, 1.82) is 0 Å². The Kier molecular flexibility index (Phi) is 8.39. The van der Waals surface area contributed by atoms with Gasteiger partial charge in [-0.3, -0.25) is 9.59 Å². The molecule has 0 bridgehead atoms. The minimum Gasteiger partial charge on any atom is -0.497 e. The van der Waals surface area contributed by atoms with Crippen molar-refractivity contribution in [3.05, 3.63) is 59.7 Å². The van der Waals surface area contributed by atoms with Crippen molar-refractivity contribution in [2.75, 3.05) is 18.2 Å². The van der Waals surface area contributed by atoms with Gasteiger partial charge >= 0.3 is 0 Å². The number of amides is 2. The first kappa shape index (κ1) is 21.8. The molecule has 150 valence electrons. The second-order valence-corrected chi connectivity index (χ2v) is 7.94. The van der Waals surface area contributed by atoms with Crippen molar-refractivity contribution >= 4 is 29.3 Å². The number of rotatable bonds is 9. The number of anilines is 1. The quantitative estimate of drug-likeness (QED) is 0.657. The van der Waals surface area contributed by atoms with Crippen molar-refractivity contribution in [1.82, 2.24) is 5.32 Å². The van der Waals surface area contributed by atoms with E-state index >= 15 is 0 Å². The van der Waals surface area contributed by atoms with Crippen LogP contribution in [0.3, 0.4) is 0 Å². The maximum Gasteiger partial charge on any atom is 0.234 e. The van der Waals surface area contributed by atoms with Crippen LogP contribution in [0.25, 0.3) is 0 Å². The lowest BCUT2D eigenvalue weighted by Gasteiger charge is -2.20. The van der Waals surface area contributed by atoms with Gasteiger partial charge < -0.3 is 15.4 Å². The molecule has 2 aromatic carbocycles. The second kappa shape index (κ2) is 10.8. The Bertz CT molecular complexity index is 775. The zero-order chi connectivity index (χ0) is 20.5. The van der Waals surface area contributed by atoms with Crippen molar-refractivity contribution in [3.8, 4) is 5.75 Å². The van der Waals surface area contributed by atoms with Crippen LogP contribution in [0.15, 0.2) is 48.5 Å². The molecule has 0 aliphatic rings. The highest BCUT2D eigenvalue weighted by atomic mass is 32.2. The molecule has 2 N–H and O–H groups in total. The van der Waals surface area contributed by atoms with Gasteiger partial charge in [-0.15, -0.1) is 11.8 Å². The van der Waals surface area contributed by atoms with E-state index in [9.17, 15) is 9.59 Å². The molecule has 0 fully saturated rings. The van der Waals surface area contributed by atoms with Crippen molar-refractivity contribution in [2.24, 2.45) is 0 Å². The predicted octanol–water partition coefficient (Wildman–Crippen LogP) is 4.33. The summed E-state index contributed by atoms with van der Waals surface area (Å²) in [4.78, 5) is 24.6. The number of benzene rings is 2. The SMILES string of the molecule is CCC(NC(=O)C(C)SCC(=O)Nc1ccc(C)cc1)c1ccc(OC)cc1. The molecule has 6 heteroatoms. The summed E-state index contributed by atoms with van der Waals surface area (Å²) in [6.07, 6.45) is 0.781. The van der Waals surface area contributed by atoms with Gasteiger partial charge in [0.1, 0.15) is 5.75 Å². The van der Waals surface area contributed by atoms with E-state index in [2.05, 4.69) is 10.6 Å². The van der Waals surface area contributed by atoms with Gasteiger partial charge in [0.2, 0.25) is 11.8 Å². The minimum absolute atomic E-state index is 0.0668. The van der Waals surface area contributed by atoms with Crippen molar-refractivity contribution in [2.45, 2.75) is 38.5 Å². The highest BCUT2D eigenvalue weighted by molar-refractivity contribution is 8.01. The van der Waals surface area contributed by atoms with Crippen LogP contribution in [0, 0.1) is 6.92 Å². The Labute approximate surface area is 171 Å². The summed E-state index contributed by atoms with van der Waals surface area (Å²) >= 11 is 1.32. The third kappa shape index (κ3) is 6.60. The normalized spacial score (nSPS) is 12.7. The highest BCUT2D eigenvalue weighted by Gasteiger charge is 2.19. The lowest BCUT2D eigenvalue weighted by Crippen LogP contribution is -2.34. The van der Waals surface area contributed by atoms with Gasteiger partial charge in [-0.25, -0.2) is 0 Å². The summed E-state index contributed by atoms with van der Waals surface area (Å²) in [5.41, 5.74) is 2.94. The monoisotopic (exact) mass is 400 g/mol. The molecule has 0 saturated carbocycles. The molecule has 0 spiro atoms. The fraction of sp³-hybridized carbons (Fsp3) is 0.364. The van der Waals surface area contributed by atoms with E-state index in [1.165, 1.54) is 11.8 Å². The first-order valence-electron chi connectivity index (χ1n) is 9.35. The Morgan fingerprint density at radius 3 is 2.29 bits per heavy atom. The number of nitrogens with one attached hydrogen (secondary N) is 2. The molecule has 2 rings (SSSR count). The van der Waals surface area contributed by atoms with E-state index in [-0.39, 0.29) is 28.9 Å². The number of carbonyl (C=O) groups excluding carboxylic acids is 2. The number of aryl methyl sites for hydroxylation is 1. The van der Waals surface area contributed by atoms with E-state index < -0.39 is 0 Å². The summed E-state index contributed by atoms with van der Waals surface area (Å²) in [7, 11) is 1.63. The summed E-state index contributed by atoms with van der Waals surface area (Å²) in [5.74, 6) is 0.821. The third-order valence-electron chi connectivity index (χ3n) is 4.41. The van der Waals surface area contributed by atoms with Gasteiger partial charge in [0, 0.05) is 5.69 Å². The summed E-state index contributed by atoms with van der Waals surface area (Å²) < 4.78 is 5.18. The Morgan fingerprint density at radius 1 is 1.07 bits per heavy atom. The van der Waals surface area contributed by atoms with E-state index in [0.29, 0.717) is 0 Å². The zero-order valence-electron chi connectivity index (χ0n) is 16.8. The lowest BCUT2D eigenvalue weighted by molar-refractivity contribution is -0.121. The van der Waals surface area contributed by atoms with Crippen LogP contribution < -0.4 is 15.4 Å². The van der Waals surface area contributed by atoms with Gasteiger partial charge in [-0.05, 0) is 50.1 Å². The van der Waals surface area contributed by atoms with Gasteiger partial charge in [-0.1, -0.05) is 36.8 Å². The van der Waals surface area contributed by atoms with Gasteiger partial charge in [-0.2, -0.15) is 0 Å². The largest absolute Gasteiger partial charge is 0.497 e. The first-order chi connectivity index (χ1) is 13.4. The molecule has 2 amide bonds. The molecular weight excluding hydrogens is 372 g/mol. The van der Waals surface area contributed by atoms with Gasteiger partial charge in [0.05, 0.1) is 24.2 Å². The van der Waals surface area contributed by atoms with E-state index in [1.54, 1.807) is 7.11 Å². The van der Waals surface area contributed by atoms with Crippen LogP contribution in [0.5, 0.6) is 5.75 Å². The number of thioether (sulfide) groups is 1. The van der Waals surface area contributed by atoms with Crippen LogP contribution in [0.4, 0.5) is 5.69 Å². The molecule has 28 heavy (non-hydrogen) atoms. The van der Waals surface area contributed by atoms with Crippen LogP contribution in [0.1, 0.15) is 37.4 Å². The smallest absolute Gasteiger partial charge is 0.234 e. The maximum absolute atomic E-state index is 12.5. The molecule has 0 radical (unpaired) electrons. The van der Waals surface area contributed by atoms with Crippen LogP contribution in [0.2, 0.25) is 0 Å². The third-order valence-corrected chi connectivity index (χ3v) is 5.55. The minimum atomic E-state index is -0.323.